The van der Waals surface area contributed by atoms with Crippen LogP contribution in [0.5, 0.6) is 0 Å². The van der Waals surface area contributed by atoms with Crippen LogP contribution in [0.1, 0.15) is 42.3 Å². The van der Waals surface area contributed by atoms with Crippen LogP contribution < -0.4 is 10.6 Å². The first-order valence-corrected chi connectivity index (χ1v) is 10.0. The molecular formula is C22H21ClF3N5O. The maximum absolute atomic E-state index is 12.8. The summed E-state index contributed by atoms with van der Waals surface area (Å²) < 4.78 is 38.3. The average Bonchev–Trinajstić information content (AvgIpc) is 3.14. The number of nitrogens with one attached hydrogen (secondary N) is 2. The molecule has 1 aliphatic rings. The lowest BCUT2D eigenvalue weighted by Crippen LogP contribution is -2.49. The molecule has 168 valence electrons. The van der Waals surface area contributed by atoms with Crippen molar-refractivity contribution in [1.82, 2.24) is 10.6 Å². The van der Waals surface area contributed by atoms with Gasteiger partial charge in [-0.25, -0.2) is 4.99 Å². The number of amides is 1. The highest BCUT2D eigenvalue weighted by atomic mass is 35.5. The Morgan fingerprint density at radius 2 is 1.78 bits per heavy atom. The molecule has 0 aromatic heterocycles. The van der Waals surface area contributed by atoms with Gasteiger partial charge in [0.1, 0.15) is 0 Å². The van der Waals surface area contributed by atoms with E-state index < -0.39 is 29.4 Å². The number of guanidine groups is 1. The second kappa shape index (κ2) is 9.12. The summed E-state index contributed by atoms with van der Waals surface area (Å²) in [7, 11) is 0. The topological polar surface area (TPSA) is 78.2 Å². The number of aliphatic imine (C=N–C) groups is 1. The predicted octanol–water partition coefficient (Wildman–Crippen LogP) is 5.67. The Balaban J connectivity index is 1.80. The van der Waals surface area contributed by atoms with E-state index in [1.165, 1.54) is 0 Å². The molecule has 0 saturated heterocycles. The fourth-order valence-corrected chi connectivity index (χ4v) is 2.96. The van der Waals surface area contributed by atoms with Gasteiger partial charge < -0.3 is 5.32 Å². The van der Waals surface area contributed by atoms with Crippen molar-refractivity contribution in [3.8, 4) is 0 Å². The van der Waals surface area contributed by atoms with E-state index in [-0.39, 0.29) is 11.5 Å². The average molecular weight is 464 g/mol. The normalized spacial score (nSPS) is 16.7. The van der Waals surface area contributed by atoms with E-state index in [1.54, 1.807) is 24.3 Å². The maximum atomic E-state index is 12.8. The van der Waals surface area contributed by atoms with E-state index in [4.69, 9.17) is 11.6 Å². The molecule has 2 N–H and O–H groups in total. The minimum Gasteiger partial charge on any atom is -0.351 e. The number of benzene rings is 2. The number of alkyl halides is 3. The third-order valence-electron chi connectivity index (χ3n) is 4.17. The number of halogens is 4. The fraction of sp³-hybridized carbons (Fsp3) is 0.273. The van der Waals surface area contributed by atoms with Crippen LogP contribution in [0.15, 0.2) is 69.8 Å². The summed E-state index contributed by atoms with van der Waals surface area (Å²) >= 11 is 6.02. The van der Waals surface area contributed by atoms with E-state index in [0.717, 1.165) is 29.8 Å². The Morgan fingerprint density at radius 3 is 2.38 bits per heavy atom. The summed E-state index contributed by atoms with van der Waals surface area (Å²) in [5, 5.41) is 14.5. The van der Waals surface area contributed by atoms with Gasteiger partial charge in [0.25, 0.3) is 5.91 Å². The number of azo groups is 1. The monoisotopic (exact) mass is 463 g/mol. The Labute approximate surface area is 188 Å². The summed E-state index contributed by atoms with van der Waals surface area (Å²) in [4.78, 5) is 17.0. The molecular weight excluding hydrogens is 443 g/mol. The largest absolute Gasteiger partial charge is 0.416 e. The van der Waals surface area contributed by atoms with Crippen molar-refractivity contribution in [2.75, 3.05) is 0 Å². The molecule has 0 radical (unpaired) electrons. The highest BCUT2D eigenvalue weighted by molar-refractivity contribution is 6.30. The molecule has 0 saturated carbocycles. The zero-order chi connectivity index (χ0) is 23.5. The van der Waals surface area contributed by atoms with Gasteiger partial charge in [-0.2, -0.15) is 23.4 Å². The molecule has 0 bridgehead atoms. The van der Waals surface area contributed by atoms with Crippen molar-refractivity contribution in [3.05, 3.63) is 76.3 Å². The van der Waals surface area contributed by atoms with Crippen molar-refractivity contribution < 1.29 is 18.0 Å². The van der Waals surface area contributed by atoms with Gasteiger partial charge in [0.05, 0.1) is 11.3 Å². The molecule has 1 atom stereocenters. The quantitative estimate of drug-likeness (QED) is 0.454. The van der Waals surface area contributed by atoms with Crippen LogP contribution >= 0.6 is 11.6 Å². The van der Waals surface area contributed by atoms with Gasteiger partial charge in [-0.15, -0.1) is 0 Å². The Bertz CT molecular complexity index is 1090. The number of rotatable bonds is 3. The smallest absolute Gasteiger partial charge is 0.351 e. The third-order valence-corrected chi connectivity index (χ3v) is 4.41. The van der Waals surface area contributed by atoms with Crippen LogP contribution in [0, 0.1) is 0 Å². The minimum atomic E-state index is -4.48. The van der Waals surface area contributed by atoms with Gasteiger partial charge in [-0.05, 0) is 63.2 Å². The van der Waals surface area contributed by atoms with Gasteiger partial charge in [0.15, 0.2) is 6.17 Å². The van der Waals surface area contributed by atoms with Gasteiger partial charge in [-0.1, -0.05) is 23.7 Å². The van der Waals surface area contributed by atoms with Crippen LogP contribution in [0.25, 0.3) is 5.70 Å². The Hall–Kier alpha value is -3.20. The minimum absolute atomic E-state index is 0.0598. The van der Waals surface area contributed by atoms with Crippen molar-refractivity contribution in [2.24, 2.45) is 15.2 Å². The zero-order valence-electron chi connectivity index (χ0n) is 17.5. The van der Waals surface area contributed by atoms with Crippen molar-refractivity contribution in [2.45, 2.75) is 38.7 Å². The van der Waals surface area contributed by atoms with Crippen LogP contribution in [0.3, 0.4) is 0 Å². The van der Waals surface area contributed by atoms with Crippen molar-refractivity contribution >= 4 is 29.2 Å². The van der Waals surface area contributed by atoms with Crippen LogP contribution in [-0.2, 0) is 6.18 Å². The van der Waals surface area contributed by atoms with Gasteiger partial charge in [-0.3, -0.25) is 10.1 Å². The van der Waals surface area contributed by atoms with Gasteiger partial charge >= 0.3 is 6.18 Å². The molecule has 0 aliphatic carbocycles. The molecule has 1 heterocycles. The first kappa shape index (κ1) is 23.5. The molecule has 32 heavy (non-hydrogen) atoms. The second-order valence-corrected chi connectivity index (χ2v) is 8.51. The number of nitrogens with zero attached hydrogens (tertiary/aromatic N) is 3. The zero-order valence-corrected chi connectivity index (χ0v) is 18.3. The number of hydrogen-bond acceptors (Lipinski definition) is 4. The number of carbonyl (C=O) groups is 1. The Kier molecular flexibility index (Phi) is 6.68. The third kappa shape index (κ3) is 6.40. The van der Waals surface area contributed by atoms with Crippen molar-refractivity contribution in [1.29, 1.82) is 0 Å². The highest BCUT2D eigenvalue weighted by Crippen LogP contribution is 2.29. The predicted molar refractivity (Wildman–Crippen MR) is 117 cm³/mol. The summed E-state index contributed by atoms with van der Waals surface area (Å²) in [5.74, 6) is -0.488. The molecule has 1 aliphatic heterocycles. The Morgan fingerprint density at radius 1 is 1.09 bits per heavy atom. The lowest BCUT2D eigenvalue weighted by atomic mass is 10.1. The number of carbonyl (C=O) groups excluding carboxylic acids is 1. The lowest BCUT2D eigenvalue weighted by Gasteiger charge is -2.24. The second-order valence-electron chi connectivity index (χ2n) is 8.07. The summed E-state index contributed by atoms with van der Waals surface area (Å²) in [5.41, 5.74) is 0.135. The lowest BCUT2D eigenvalue weighted by molar-refractivity contribution is -0.137. The molecule has 6 nitrogen and oxygen atoms in total. The molecule has 1 unspecified atom stereocenters. The fourth-order valence-electron chi connectivity index (χ4n) is 2.77. The highest BCUT2D eigenvalue weighted by Gasteiger charge is 2.30. The molecule has 1 amide bonds. The first-order chi connectivity index (χ1) is 14.9. The van der Waals surface area contributed by atoms with Crippen molar-refractivity contribution in [3.63, 3.8) is 0 Å². The van der Waals surface area contributed by atoms with E-state index >= 15 is 0 Å². The van der Waals surface area contributed by atoms with Crippen LogP contribution in [0.4, 0.5) is 13.2 Å². The van der Waals surface area contributed by atoms with E-state index in [0.29, 0.717) is 10.7 Å². The summed E-state index contributed by atoms with van der Waals surface area (Å²) in [6.07, 6.45) is -3.46. The molecule has 0 fully saturated rings. The molecule has 0 spiro atoms. The molecule has 2 aromatic rings. The van der Waals surface area contributed by atoms with Crippen LogP contribution in [-0.4, -0.2) is 23.6 Å². The summed E-state index contributed by atoms with van der Waals surface area (Å²) in [6.45, 7) is 5.61. The van der Waals surface area contributed by atoms with Gasteiger partial charge in [0, 0.05) is 21.7 Å². The summed E-state index contributed by atoms with van der Waals surface area (Å²) in [6, 6.07) is 11.1. The number of hydrogen-bond donors (Lipinski definition) is 2. The molecule has 3 rings (SSSR count). The van der Waals surface area contributed by atoms with E-state index in [9.17, 15) is 18.0 Å². The molecule has 2 aromatic carbocycles. The molecule has 10 heteroatoms. The SMILES string of the molecule is CC(C)(C)NC(=NC1C=C(c2cccc(Cl)c2)N=N1)NC(=O)c1ccc(C(F)(F)F)cc1. The van der Waals surface area contributed by atoms with Crippen LogP contribution in [0.2, 0.25) is 5.02 Å². The van der Waals surface area contributed by atoms with E-state index in [1.807, 2.05) is 26.8 Å². The first-order valence-electron chi connectivity index (χ1n) is 9.64. The standard InChI is InChI=1S/C22H21ClF3N5O/c1-21(2,3)29-20(28-19(32)13-7-9-15(10-8-13)22(24,25)26)27-18-12-17(30-31-18)14-5-4-6-16(23)11-14/h4-12,18H,1-3H3,(H2,27,28,29,32). The van der Waals surface area contributed by atoms with E-state index in [2.05, 4.69) is 25.9 Å². The maximum Gasteiger partial charge on any atom is 0.416 e. The van der Waals surface area contributed by atoms with Gasteiger partial charge in [0.2, 0.25) is 5.96 Å².